The Bertz CT molecular complexity index is 373. The molecule has 1 aromatic carbocycles. The Morgan fingerprint density at radius 1 is 1.28 bits per heavy atom. The Labute approximate surface area is 110 Å². The van der Waals surface area contributed by atoms with E-state index in [4.69, 9.17) is 5.73 Å². The molecule has 0 bridgehead atoms. The van der Waals surface area contributed by atoms with Gasteiger partial charge in [0.05, 0.1) is 0 Å². The Balaban J connectivity index is 2.61. The molecule has 0 aliphatic carbocycles. The third kappa shape index (κ3) is 4.15. The second-order valence-electron chi connectivity index (χ2n) is 4.88. The number of hydrogen-bond donors (Lipinski definition) is 2. The molecule has 0 spiro atoms. The van der Waals surface area contributed by atoms with Gasteiger partial charge in [0.2, 0.25) is 0 Å². The molecule has 1 amide bonds. The molecular formula is C15H24N2O. The highest BCUT2D eigenvalue weighted by Gasteiger charge is 2.14. The Hall–Kier alpha value is -1.35. The van der Waals surface area contributed by atoms with Gasteiger partial charge in [0.25, 0.3) is 5.91 Å². The quantitative estimate of drug-likeness (QED) is 0.812. The van der Waals surface area contributed by atoms with Crippen LogP contribution < -0.4 is 11.1 Å². The first-order chi connectivity index (χ1) is 8.58. The lowest BCUT2D eigenvalue weighted by atomic mass is 10.0. The molecule has 2 atom stereocenters. The highest BCUT2D eigenvalue weighted by molar-refractivity contribution is 5.94. The zero-order valence-electron chi connectivity index (χ0n) is 11.6. The molecule has 100 valence electrons. The van der Waals surface area contributed by atoms with Crippen molar-refractivity contribution in [2.45, 2.75) is 39.7 Å². The van der Waals surface area contributed by atoms with Crippen molar-refractivity contribution in [3.05, 3.63) is 35.4 Å². The van der Waals surface area contributed by atoms with E-state index in [1.54, 1.807) is 0 Å². The maximum absolute atomic E-state index is 12.0. The first kappa shape index (κ1) is 14.7. The molecule has 0 fully saturated rings. The van der Waals surface area contributed by atoms with Crippen molar-refractivity contribution in [1.29, 1.82) is 0 Å². The van der Waals surface area contributed by atoms with Crippen LogP contribution in [0.3, 0.4) is 0 Å². The normalized spacial score (nSPS) is 14.0. The lowest BCUT2D eigenvalue weighted by molar-refractivity contribution is 0.0928. The minimum atomic E-state index is 0.00194. The summed E-state index contributed by atoms with van der Waals surface area (Å²) in [5.41, 5.74) is 7.38. The van der Waals surface area contributed by atoms with E-state index < -0.39 is 0 Å². The van der Waals surface area contributed by atoms with Gasteiger partial charge in [0.15, 0.2) is 0 Å². The average molecular weight is 248 g/mol. The van der Waals surface area contributed by atoms with Crippen LogP contribution in [-0.4, -0.2) is 18.5 Å². The third-order valence-electron chi connectivity index (χ3n) is 3.51. The van der Waals surface area contributed by atoms with Gasteiger partial charge in [0, 0.05) is 11.6 Å². The van der Waals surface area contributed by atoms with E-state index in [-0.39, 0.29) is 11.9 Å². The van der Waals surface area contributed by atoms with Crippen LogP contribution >= 0.6 is 0 Å². The standard InChI is InChI=1S/C15H24N2O/c1-4-11(2)12(3)17-15(18)14-7-5-13(6-8-14)9-10-16/h5-8,11-12H,4,9-10,16H2,1-3H3,(H,17,18). The molecule has 0 radical (unpaired) electrons. The van der Waals surface area contributed by atoms with Crippen LogP contribution in [0.15, 0.2) is 24.3 Å². The van der Waals surface area contributed by atoms with Crippen LogP contribution in [0.2, 0.25) is 0 Å². The zero-order valence-corrected chi connectivity index (χ0v) is 11.6. The molecule has 0 saturated heterocycles. The molecule has 2 unspecified atom stereocenters. The molecule has 18 heavy (non-hydrogen) atoms. The Kier molecular flexibility index (Phi) is 5.86. The molecule has 0 aliphatic rings. The predicted molar refractivity (Wildman–Crippen MR) is 75.6 cm³/mol. The van der Waals surface area contributed by atoms with Crippen LogP contribution in [0, 0.1) is 5.92 Å². The second kappa shape index (κ2) is 7.17. The number of rotatable bonds is 6. The van der Waals surface area contributed by atoms with Crippen LogP contribution in [0.25, 0.3) is 0 Å². The van der Waals surface area contributed by atoms with E-state index in [0.29, 0.717) is 18.0 Å². The smallest absolute Gasteiger partial charge is 0.251 e. The average Bonchev–Trinajstić information content (AvgIpc) is 2.38. The van der Waals surface area contributed by atoms with E-state index in [9.17, 15) is 4.79 Å². The largest absolute Gasteiger partial charge is 0.349 e. The van der Waals surface area contributed by atoms with Crippen molar-refractivity contribution in [1.82, 2.24) is 5.32 Å². The second-order valence-corrected chi connectivity index (χ2v) is 4.88. The lowest BCUT2D eigenvalue weighted by Gasteiger charge is -2.19. The van der Waals surface area contributed by atoms with E-state index in [1.165, 1.54) is 5.56 Å². The van der Waals surface area contributed by atoms with Crippen molar-refractivity contribution in [2.75, 3.05) is 6.54 Å². The molecule has 1 aromatic rings. The number of benzene rings is 1. The molecule has 3 nitrogen and oxygen atoms in total. The van der Waals surface area contributed by atoms with Gasteiger partial charge >= 0.3 is 0 Å². The maximum Gasteiger partial charge on any atom is 0.251 e. The zero-order chi connectivity index (χ0) is 13.5. The number of carbonyl (C=O) groups is 1. The molecular weight excluding hydrogens is 224 g/mol. The number of hydrogen-bond acceptors (Lipinski definition) is 2. The maximum atomic E-state index is 12.0. The van der Waals surface area contributed by atoms with Gasteiger partial charge in [-0.05, 0) is 43.5 Å². The van der Waals surface area contributed by atoms with Gasteiger partial charge in [-0.2, -0.15) is 0 Å². The van der Waals surface area contributed by atoms with Gasteiger partial charge in [-0.25, -0.2) is 0 Å². The fraction of sp³-hybridized carbons (Fsp3) is 0.533. The summed E-state index contributed by atoms with van der Waals surface area (Å²) in [6.07, 6.45) is 1.92. The molecule has 3 N–H and O–H groups in total. The molecule has 0 aromatic heterocycles. The van der Waals surface area contributed by atoms with Crippen molar-refractivity contribution in [3.8, 4) is 0 Å². The molecule has 3 heteroatoms. The Morgan fingerprint density at radius 3 is 2.39 bits per heavy atom. The summed E-state index contributed by atoms with van der Waals surface area (Å²) in [7, 11) is 0. The minimum Gasteiger partial charge on any atom is -0.349 e. The summed E-state index contributed by atoms with van der Waals surface area (Å²) < 4.78 is 0. The van der Waals surface area contributed by atoms with Gasteiger partial charge < -0.3 is 11.1 Å². The van der Waals surface area contributed by atoms with E-state index in [2.05, 4.69) is 26.1 Å². The molecule has 0 heterocycles. The summed E-state index contributed by atoms with van der Waals surface area (Å²) in [6, 6.07) is 7.87. The monoisotopic (exact) mass is 248 g/mol. The molecule has 0 saturated carbocycles. The Morgan fingerprint density at radius 2 is 1.89 bits per heavy atom. The van der Waals surface area contributed by atoms with E-state index >= 15 is 0 Å². The molecule has 0 aliphatic heterocycles. The molecule has 1 rings (SSSR count). The minimum absolute atomic E-state index is 0.00194. The number of amides is 1. The van der Waals surface area contributed by atoms with Crippen LogP contribution in [0.4, 0.5) is 0 Å². The fourth-order valence-electron chi connectivity index (χ4n) is 1.78. The number of nitrogens with one attached hydrogen (secondary N) is 1. The van der Waals surface area contributed by atoms with Gasteiger partial charge in [-0.15, -0.1) is 0 Å². The van der Waals surface area contributed by atoms with Crippen molar-refractivity contribution >= 4 is 5.91 Å². The van der Waals surface area contributed by atoms with Crippen molar-refractivity contribution in [2.24, 2.45) is 11.7 Å². The van der Waals surface area contributed by atoms with Crippen LogP contribution in [0.1, 0.15) is 43.1 Å². The highest BCUT2D eigenvalue weighted by atomic mass is 16.1. The summed E-state index contributed by atoms with van der Waals surface area (Å²) in [4.78, 5) is 12.0. The van der Waals surface area contributed by atoms with Crippen LogP contribution in [-0.2, 0) is 6.42 Å². The van der Waals surface area contributed by atoms with E-state index in [1.807, 2.05) is 24.3 Å². The van der Waals surface area contributed by atoms with Crippen molar-refractivity contribution < 1.29 is 4.79 Å². The summed E-state index contributed by atoms with van der Waals surface area (Å²) in [5.74, 6) is 0.493. The predicted octanol–water partition coefficient (Wildman–Crippen LogP) is 2.35. The number of carbonyl (C=O) groups excluding carboxylic acids is 1. The summed E-state index contributed by atoms with van der Waals surface area (Å²) in [6.45, 7) is 6.97. The summed E-state index contributed by atoms with van der Waals surface area (Å²) in [5, 5.41) is 3.03. The third-order valence-corrected chi connectivity index (χ3v) is 3.51. The van der Waals surface area contributed by atoms with Gasteiger partial charge in [-0.3, -0.25) is 4.79 Å². The van der Waals surface area contributed by atoms with E-state index in [0.717, 1.165) is 12.8 Å². The SMILES string of the molecule is CCC(C)C(C)NC(=O)c1ccc(CCN)cc1. The van der Waals surface area contributed by atoms with Crippen LogP contribution in [0.5, 0.6) is 0 Å². The number of nitrogens with two attached hydrogens (primary N) is 1. The first-order valence-electron chi connectivity index (χ1n) is 6.68. The van der Waals surface area contributed by atoms with Gasteiger partial charge in [0.1, 0.15) is 0 Å². The summed E-state index contributed by atoms with van der Waals surface area (Å²) >= 11 is 0. The highest BCUT2D eigenvalue weighted by Crippen LogP contribution is 2.09. The fourth-order valence-corrected chi connectivity index (χ4v) is 1.78. The first-order valence-corrected chi connectivity index (χ1v) is 6.68. The van der Waals surface area contributed by atoms with Crippen molar-refractivity contribution in [3.63, 3.8) is 0 Å². The lowest BCUT2D eigenvalue weighted by Crippen LogP contribution is -2.36. The van der Waals surface area contributed by atoms with Gasteiger partial charge in [-0.1, -0.05) is 32.4 Å². The topological polar surface area (TPSA) is 55.1 Å².